The molecule has 0 spiro atoms. The number of carbonyl (C=O) groups is 1. The van der Waals surface area contributed by atoms with Gasteiger partial charge in [0.15, 0.2) is 6.10 Å². The maximum atomic E-state index is 10.9. The first-order valence-electron chi connectivity index (χ1n) is 7.05. The monoisotopic (exact) mass is 260 g/mol. The molecule has 0 aliphatic rings. The lowest BCUT2D eigenvalue weighted by atomic mass is 10.1. The molecule has 1 N–H and O–H groups in total. The number of carboxylic acid groups (broad SMARTS) is 1. The zero-order chi connectivity index (χ0) is 13.6. The summed E-state index contributed by atoms with van der Waals surface area (Å²) < 4.78 is 9.81. The van der Waals surface area contributed by atoms with Crippen LogP contribution in [0.4, 0.5) is 0 Å². The van der Waals surface area contributed by atoms with Gasteiger partial charge in [-0.05, 0) is 6.42 Å². The van der Waals surface area contributed by atoms with Crippen LogP contribution >= 0.6 is 0 Å². The minimum absolute atomic E-state index is 0.0496. The molecule has 0 heterocycles. The van der Waals surface area contributed by atoms with Crippen molar-refractivity contribution in [3.63, 3.8) is 0 Å². The molecule has 0 radical (unpaired) electrons. The highest BCUT2D eigenvalue weighted by molar-refractivity contribution is 5.72. The van der Waals surface area contributed by atoms with Gasteiger partial charge in [-0.3, -0.25) is 0 Å². The molecule has 0 amide bonds. The summed E-state index contributed by atoms with van der Waals surface area (Å²) in [5, 5.41) is 8.92. The van der Waals surface area contributed by atoms with Gasteiger partial charge in [-0.2, -0.15) is 0 Å². The van der Waals surface area contributed by atoms with E-state index in [1.165, 1.54) is 45.6 Å². The number of aliphatic carboxylic acids is 1. The fourth-order valence-corrected chi connectivity index (χ4v) is 1.89. The van der Waals surface area contributed by atoms with Gasteiger partial charge in [0.25, 0.3) is 0 Å². The summed E-state index contributed by atoms with van der Waals surface area (Å²) >= 11 is 0. The van der Waals surface area contributed by atoms with Gasteiger partial charge in [0.1, 0.15) is 6.79 Å². The predicted molar refractivity (Wildman–Crippen MR) is 71.6 cm³/mol. The molecule has 0 bridgehead atoms. The van der Waals surface area contributed by atoms with Crippen LogP contribution in [0, 0.1) is 0 Å². The van der Waals surface area contributed by atoms with E-state index in [1.807, 2.05) is 0 Å². The first-order valence-corrected chi connectivity index (χ1v) is 7.05. The Hall–Kier alpha value is -0.610. The molecule has 4 heteroatoms. The van der Waals surface area contributed by atoms with E-state index in [2.05, 4.69) is 6.92 Å². The molecule has 18 heavy (non-hydrogen) atoms. The number of hydrogen-bond donors (Lipinski definition) is 1. The van der Waals surface area contributed by atoms with Gasteiger partial charge in [-0.25, -0.2) is 4.79 Å². The summed E-state index contributed by atoms with van der Waals surface area (Å²) in [7, 11) is 1.50. The molecule has 1 unspecified atom stereocenters. The zero-order valence-electron chi connectivity index (χ0n) is 11.8. The minimum atomic E-state index is -0.894. The van der Waals surface area contributed by atoms with Crippen molar-refractivity contribution in [1.29, 1.82) is 0 Å². The number of unbranched alkanes of at least 4 members (excludes halogenated alkanes) is 7. The van der Waals surface area contributed by atoms with Crippen LogP contribution in [0.2, 0.25) is 0 Å². The molecule has 0 rings (SSSR count). The van der Waals surface area contributed by atoms with Crippen LogP contribution in [0.1, 0.15) is 64.7 Å². The van der Waals surface area contributed by atoms with E-state index in [1.54, 1.807) is 0 Å². The predicted octanol–water partition coefficient (Wildman–Crippen LogP) is 3.59. The van der Waals surface area contributed by atoms with Crippen molar-refractivity contribution in [2.24, 2.45) is 0 Å². The van der Waals surface area contributed by atoms with Crippen molar-refractivity contribution in [1.82, 2.24) is 0 Å². The molecule has 0 aliphatic carbocycles. The summed E-state index contributed by atoms with van der Waals surface area (Å²) in [6.07, 6.45) is 9.54. The van der Waals surface area contributed by atoms with Crippen LogP contribution in [0.15, 0.2) is 0 Å². The third-order valence-corrected chi connectivity index (χ3v) is 2.98. The van der Waals surface area contributed by atoms with Crippen LogP contribution in [0.3, 0.4) is 0 Å². The normalized spacial score (nSPS) is 12.6. The van der Waals surface area contributed by atoms with Crippen molar-refractivity contribution in [2.45, 2.75) is 70.8 Å². The van der Waals surface area contributed by atoms with E-state index in [4.69, 9.17) is 14.6 Å². The second kappa shape index (κ2) is 12.8. The second-order valence-corrected chi connectivity index (χ2v) is 4.66. The molecule has 0 aromatic heterocycles. The summed E-state index contributed by atoms with van der Waals surface area (Å²) in [6, 6.07) is 0. The van der Waals surface area contributed by atoms with E-state index in [-0.39, 0.29) is 6.79 Å². The smallest absolute Gasteiger partial charge is 0.332 e. The molecule has 0 aliphatic heterocycles. The number of carboxylic acids is 1. The average Bonchev–Trinajstić information content (AvgIpc) is 2.35. The summed E-state index contributed by atoms with van der Waals surface area (Å²) in [6.45, 7) is 2.26. The first kappa shape index (κ1) is 17.4. The molecule has 0 saturated heterocycles. The number of rotatable bonds is 13. The van der Waals surface area contributed by atoms with Crippen molar-refractivity contribution >= 4 is 5.97 Å². The van der Waals surface area contributed by atoms with Crippen LogP contribution in [0.5, 0.6) is 0 Å². The van der Waals surface area contributed by atoms with Gasteiger partial charge in [0, 0.05) is 7.11 Å². The van der Waals surface area contributed by atoms with Gasteiger partial charge in [0.2, 0.25) is 0 Å². The lowest BCUT2D eigenvalue weighted by Crippen LogP contribution is -2.24. The minimum Gasteiger partial charge on any atom is -0.479 e. The van der Waals surface area contributed by atoms with E-state index >= 15 is 0 Å². The van der Waals surface area contributed by atoms with Gasteiger partial charge in [-0.15, -0.1) is 0 Å². The highest BCUT2D eigenvalue weighted by atomic mass is 16.7. The topological polar surface area (TPSA) is 55.8 Å². The van der Waals surface area contributed by atoms with Gasteiger partial charge in [-0.1, -0.05) is 58.3 Å². The van der Waals surface area contributed by atoms with Crippen molar-refractivity contribution in [2.75, 3.05) is 13.9 Å². The van der Waals surface area contributed by atoms with E-state index < -0.39 is 12.1 Å². The first-order chi connectivity index (χ1) is 8.72. The molecular weight excluding hydrogens is 232 g/mol. The maximum Gasteiger partial charge on any atom is 0.332 e. The lowest BCUT2D eigenvalue weighted by molar-refractivity contribution is -0.159. The third kappa shape index (κ3) is 10.5. The molecule has 108 valence electrons. The van der Waals surface area contributed by atoms with Crippen LogP contribution in [-0.2, 0) is 14.3 Å². The fraction of sp³-hybridized carbons (Fsp3) is 0.929. The highest BCUT2D eigenvalue weighted by Gasteiger charge is 2.16. The van der Waals surface area contributed by atoms with Gasteiger partial charge >= 0.3 is 5.97 Å². The highest BCUT2D eigenvalue weighted by Crippen LogP contribution is 2.12. The lowest BCUT2D eigenvalue weighted by Gasteiger charge is -2.12. The summed E-state index contributed by atoms with van der Waals surface area (Å²) in [5.41, 5.74) is 0. The number of ether oxygens (including phenoxy) is 2. The van der Waals surface area contributed by atoms with E-state index in [9.17, 15) is 4.79 Å². The second-order valence-electron chi connectivity index (χ2n) is 4.66. The Morgan fingerprint density at radius 1 is 1.06 bits per heavy atom. The fourth-order valence-electron chi connectivity index (χ4n) is 1.89. The SMILES string of the molecule is CCCCCCCCCCC(OCOC)C(=O)O. The Morgan fingerprint density at radius 2 is 1.61 bits per heavy atom. The Labute approximate surface area is 111 Å². The molecule has 1 atom stereocenters. The third-order valence-electron chi connectivity index (χ3n) is 2.98. The zero-order valence-corrected chi connectivity index (χ0v) is 11.8. The van der Waals surface area contributed by atoms with E-state index in [0.29, 0.717) is 6.42 Å². The van der Waals surface area contributed by atoms with Gasteiger partial charge in [0.05, 0.1) is 0 Å². The van der Waals surface area contributed by atoms with Crippen LogP contribution in [0.25, 0.3) is 0 Å². The van der Waals surface area contributed by atoms with E-state index in [0.717, 1.165) is 12.8 Å². The summed E-state index contributed by atoms with van der Waals surface area (Å²) in [5.74, 6) is -0.894. The molecule has 0 saturated carbocycles. The number of methoxy groups -OCH3 is 1. The van der Waals surface area contributed by atoms with Gasteiger partial charge < -0.3 is 14.6 Å². The quantitative estimate of drug-likeness (QED) is 0.406. The standard InChI is InChI=1S/C14H28O4/c1-3-4-5-6-7-8-9-10-11-13(14(15)16)18-12-17-2/h13H,3-12H2,1-2H3,(H,15,16). The average molecular weight is 260 g/mol. The molecular formula is C14H28O4. The van der Waals surface area contributed by atoms with Crippen molar-refractivity contribution < 1.29 is 19.4 Å². The molecule has 0 aromatic carbocycles. The van der Waals surface area contributed by atoms with Crippen molar-refractivity contribution in [3.8, 4) is 0 Å². The Kier molecular flexibility index (Phi) is 12.4. The Bertz CT molecular complexity index is 194. The maximum absolute atomic E-state index is 10.9. The Morgan fingerprint density at radius 3 is 2.11 bits per heavy atom. The molecule has 4 nitrogen and oxygen atoms in total. The van der Waals surface area contributed by atoms with Crippen molar-refractivity contribution in [3.05, 3.63) is 0 Å². The Balaban J connectivity index is 3.40. The number of hydrogen-bond acceptors (Lipinski definition) is 3. The largest absolute Gasteiger partial charge is 0.479 e. The molecule has 0 fully saturated rings. The van der Waals surface area contributed by atoms with Crippen LogP contribution < -0.4 is 0 Å². The van der Waals surface area contributed by atoms with Crippen LogP contribution in [-0.4, -0.2) is 31.1 Å². The summed E-state index contributed by atoms with van der Waals surface area (Å²) in [4.78, 5) is 10.9. The molecule has 0 aromatic rings.